The quantitative estimate of drug-likeness (QED) is 0.431. The van der Waals surface area contributed by atoms with Crippen molar-refractivity contribution in [2.45, 2.75) is 39.3 Å². The van der Waals surface area contributed by atoms with E-state index in [1.165, 1.54) is 12.1 Å². The number of hydrogen-bond acceptors (Lipinski definition) is 5. The van der Waals surface area contributed by atoms with E-state index < -0.39 is 11.0 Å². The number of nitro benzene ring substituents is 1. The first-order chi connectivity index (χ1) is 9.99. The van der Waals surface area contributed by atoms with Crippen LogP contribution in [0.2, 0.25) is 0 Å². The molecule has 0 aliphatic heterocycles. The van der Waals surface area contributed by atoms with Crippen LogP contribution in [0.3, 0.4) is 0 Å². The fourth-order valence-corrected chi connectivity index (χ4v) is 1.71. The Morgan fingerprint density at radius 3 is 2.81 bits per heavy atom. The summed E-state index contributed by atoms with van der Waals surface area (Å²) in [6.45, 7) is 4.35. The van der Waals surface area contributed by atoms with Gasteiger partial charge in [-0.15, -0.1) is 0 Å². The van der Waals surface area contributed by atoms with E-state index in [0.717, 1.165) is 12.8 Å². The SMILES string of the molecule is CCCCNC(=O)C(C)Oc1ccc(CN)cc1[N+](=O)[O-]. The lowest BCUT2D eigenvalue weighted by molar-refractivity contribution is -0.386. The second kappa shape index (κ2) is 8.21. The van der Waals surface area contributed by atoms with E-state index in [1.807, 2.05) is 6.92 Å². The largest absolute Gasteiger partial charge is 0.474 e. The van der Waals surface area contributed by atoms with Gasteiger partial charge in [-0.3, -0.25) is 14.9 Å². The van der Waals surface area contributed by atoms with Gasteiger partial charge in [0.05, 0.1) is 4.92 Å². The number of benzene rings is 1. The van der Waals surface area contributed by atoms with E-state index in [-0.39, 0.29) is 23.9 Å². The van der Waals surface area contributed by atoms with Crippen molar-refractivity contribution in [2.24, 2.45) is 5.73 Å². The molecule has 0 radical (unpaired) electrons. The van der Waals surface area contributed by atoms with Crippen molar-refractivity contribution in [1.29, 1.82) is 0 Å². The molecule has 0 aromatic heterocycles. The van der Waals surface area contributed by atoms with Crippen LogP contribution in [0, 0.1) is 10.1 Å². The number of nitrogens with two attached hydrogens (primary N) is 1. The van der Waals surface area contributed by atoms with E-state index in [2.05, 4.69) is 5.32 Å². The molecule has 116 valence electrons. The van der Waals surface area contributed by atoms with Crippen LogP contribution in [0.25, 0.3) is 0 Å². The molecule has 0 heterocycles. The van der Waals surface area contributed by atoms with Gasteiger partial charge in [0.15, 0.2) is 11.9 Å². The topological polar surface area (TPSA) is 107 Å². The Morgan fingerprint density at radius 2 is 2.24 bits per heavy atom. The molecule has 3 N–H and O–H groups in total. The Balaban J connectivity index is 2.77. The van der Waals surface area contributed by atoms with Gasteiger partial charge in [0.1, 0.15) is 0 Å². The lowest BCUT2D eigenvalue weighted by Crippen LogP contribution is -2.36. The van der Waals surface area contributed by atoms with Gasteiger partial charge in [-0.25, -0.2) is 0 Å². The van der Waals surface area contributed by atoms with Crippen molar-refractivity contribution in [3.63, 3.8) is 0 Å². The van der Waals surface area contributed by atoms with E-state index in [1.54, 1.807) is 13.0 Å². The minimum atomic E-state index is -0.802. The average Bonchev–Trinajstić information content (AvgIpc) is 2.47. The first-order valence-electron chi connectivity index (χ1n) is 6.91. The molecular formula is C14H21N3O4. The predicted octanol–water partition coefficient (Wildman–Crippen LogP) is 1.74. The molecule has 1 rings (SSSR count). The Morgan fingerprint density at radius 1 is 1.52 bits per heavy atom. The molecule has 1 atom stereocenters. The number of amides is 1. The van der Waals surface area contributed by atoms with Crippen LogP contribution in [0.15, 0.2) is 18.2 Å². The van der Waals surface area contributed by atoms with Crippen LogP contribution in [-0.2, 0) is 11.3 Å². The number of nitrogens with one attached hydrogen (secondary N) is 1. The maximum absolute atomic E-state index is 11.8. The molecule has 1 aromatic rings. The highest BCUT2D eigenvalue weighted by molar-refractivity contribution is 5.80. The van der Waals surface area contributed by atoms with E-state index in [4.69, 9.17) is 10.5 Å². The lowest BCUT2D eigenvalue weighted by atomic mass is 10.2. The summed E-state index contributed by atoms with van der Waals surface area (Å²) in [5, 5.41) is 13.8. The number of nitro groups is 1. The molecule has 0 aliphatic carbocycles. The lowest BCUT2D eigenvalue weighted by Gasteiger charge is -2.15. The van der Waals surface area contributed by atoms with Crippen molar-refractivity contribution in [2.75, 3.05) is 6.54 Å². The molecule has 7 heteroatoms. The molecule has 0 fully saturated rings. The predicted molar refractivity (Wildman–Crippen MR) is 79.0 cm³/mol. The first kappa shape index (κ1) is 16.9. The summed E-state index contributed by atoms with van der Waals surface area (Å²) >= 11 is 0. The van der Waals surface area contributed by atoms with Gasteiger partial charge >= 0.3 is 5.69 Å². The third-order valence-corrected chi connectivity index (χ3v) is 2.96. The Kier molecular flexibility index (Phi) is 6.61. The first-order valence-corrected chi connectivity index (χ1v) is 6.91. The van der Waals surface area contributed by atoms with Crippen LogP contribution < -0.4 is 15.8 Å². The minimum Gasteiger partial charge on any atom is -0.474 e. The second-order valence-electron chi connectivity index (χ2n) is 4.67. The van der Waals surface area contributed by atoms with Gasteiger partial charge in [-0.1, -0.05) is 19.4 Å². The van der Waals surface area contributed by atoms with E-state index in [9.17, 15) is 14.9 Å². The summed E-state index contributed by atoms with van der Waals surface area (Å²) in [4.78, 5) is 22.3. The van der Waals surface area contributed by atoms with Crippen LogP contribution in [0.5, 0.6) is 5.75 Å². The second-order valence-corrected chi connectivity index (χ2v) is 4.67. The van der Waals surface area contributed by atoms with Crippen LogP contribution in [0.4, 0.5) is 5.69 Å². The Hall–Kier alpha value is -2.15. The molecule has 1 aromatic carbocycles. The number of hydrogen-bond donors (Lipinski definition) is 2. The normalized spacial score (nSPS) is 11.8. The summed E-state index contributed by atoms with van der Waals surface area (Å²) in [6.07, 6.45) is 1.05. The van der Waals surface area contributed by atoms with Gasteiger partial charge < -0.3 is 15.8 Å². The molecule has 0 spiro atoms. The monoisotopic (exact) mass is 295 g/mol. The summed E-state index contributed by atoms with van der Waals surface area (Å²) in [5.74, 6) is -0.226. The number of ether oxygens (including phenoxy) is 1. The molecular weight excluding hydrogens is 274 g/mol. The number of unbranched alkanes of at least 4 members (excludes halogenated alkanes) is 1. The third-order valence-electron chi connectivity index (χ3n) is 2.96. The van der Waals surface area contributed by atoms with Crippen molar-refractivity contribution < 1.29 is 14.5 Å². The molecule has 0 aliphatic rings. The highest BCUT2D eigenvalue weighted by Crippen LogP contribution is 2.28. The smallest absolute Gasteiger partial charge is 0.311 e. The maximum atomic E-state index is 11.8. The Bertz CT molecular complexity index is 505. The molecule has 7 nitrogen and oxygen atoms in total. The number of carbonyl (C=O) groups is 1. The molecule has 1 unspecified atom stereocenters. The molecule has 1 amide bonds. The van der Waals surface area contributed by atoms with E-state index >= 15 is 0 Å². The molecule has 0 bridgehead atoms. The molecule has 0 saturated carbocycles. The van der Waals surface area contributed by atoms with Crippen LogP contribution in [0.1, 0.15) is 32.3 Å². The van der Waals surface area contributed by atoms with Gasteiger partial charge in [0.25, 0.3) is 5.91 Å². The fourth-order valence-electron chi connectivity index (χ4n) is 1.71. The third kappa shape index (κ3) is 5.03. The van der Waals surface area contributed by atoms with Gasteiger partial charge in [-0.05, 0) is 25.0 Å². The summed E-state index contributed by atoms with van der Waals surface area (Å²) in [5.41, 5.74) is 5.90. The van der Waals surface area contributed by atoms with Gasteiger partial charge in [-0.2, -0.15) is 0 Å². The zero-order valence-corrected chi connectivity index (χ0v) is 12.3. The fraction of sp³-hybridized carbons (Fsp3) is 0.500. The van der Waals surface area contributed by atoms with Crippen molar-refractivity contribution in [1.82, 2.24) is 5.32 Å². The van der Waals surface area contributed by atoms with Crippen molar-refractivity contribution >= 4 is 11.6 Å². The average molecular weight is 295 g/mol. The summed E-state index contributed by atoms with van der Waals surface area (Å²) < 4.78 is 5.40. The summed E-state index contributed by atoms with van der Waals surface area (Å²) in [7, 11) is 0. The zero-order valence-electron chi connectivity index (χ0n) is 12.3. The highest BCUT2D eigenvalue weighted by atomic mass is 16.6. The summed E-state index contributed by atoms with van der Waals surface area (Å²) in [6, 6.07) is 4.47. The molecule has 0 saturated heterocycles. The van der Waals surface area contributed by atoms with Crippen molar-refractivity contribution in [3.05, 3.63) is 33.9 Å². The van der Waals surface area contributed by atoms with Gasteiger partial charge in [0.2, 0.25) is 0 Å². The zero-order chi connectivity index (χ0) is 15.8. The van der Waals surface area contributed by atoms with Gasteiger partial charge in [0, 0.05) is 19.2 Å². The van der Waals surface area contributed by atoms with E-state index in [0.29, 0.717) is 12.1 Å². The van der Waals surface area contributed by atoms with Crippen molar-refractivity contribution in [3.8, 4) is 5.75 Å². The van der Waals surface area contributed by atoms with Crippen LogP contribution in [-0.4, -0.2) is 23.5 Å². The number of carbonyl (C=O) groups excluding carboxylic acids is 1. The van der Waals surface area contributed by atoms with Crippen LogP contribution >= 0.6 is 0 Å². The minimum absolute atomic E-state index is 0.0651. The maximum Gasteiger partial charge on any atom is 0.311 e. The standard InChI is InChI=1S/C14H21N3O4/c1-3-4-7-16-14(18)10(2)21-13-6-5-11(9-15)8-12(13)17(19)20/h5-6,8,10H,3-4,7,9,15H2,1-2H3,(H,16,18). The highest BCUT2D eigenvalue weighted by Gasteiger charge is 2.21. The molecule has 21 heavy (non-hydrogen) atoms. The number of nitrogens with zero attached hydrogens (tertiary/aromatic N) is 1. The number of rotatable bonds is 8. The Labute approximate surface area is 123 Å².